The topological polar surface area (TPSA) is 91.0 Å². The van der Waals surface area contributed by atoms with E-state index in [1.54, 1.807) is 33.2 Å². The van der Waals surface area contributed by atoms with E-state index in [1.807, 2.05) is 26.8 Å². The quantitative estimate of drug-likeness (QED) is 0.577. The van der Waals surface area contributed by atoms with Gasteiger partial charge in [-0.15, -0.1) is 0 Å². The first-order chi connectivity index (χ1) is 14.9. The molecule has 0 amide bonds. The van der Waals surface area contributed by atoms with Crippen LogP contribution in [0.25, 0.3) is 16.7 Å². The van der Waals surface area contributed by atoms with E-state index in [-0.39, 0.29) is 17.6 Å². The van der Waals surface area contributed by atoms with E-state index >= 15 is 0 Å². The molecule has 0 bridgehead atoms. The summed E-state index contributed by atoms with van der Waals surface area (Å²) in [6.45, 7) is 14.1. The second kappa shape index (κ2) is 7.88. The molecule has 4 heterocycles. The molecule has 1 aliphatic heterocycles. The van der Waals surface area contributed by atoms with Gasteiger partial charge in [0.15, 0.2) is 5.65 Å². The molecule has 0 aliphatic carbocycles. The van der Waals surface area contributed by atoms with Gasteiger partial charge >= 0.3 is 11.7 Å². The summed E-state index contributed by atoms with van der Waals surface area (Å²) in [6.07, 6.45) is 3.53. The normalized spacial score (nSPS) is 15.5. The number of pyridine rings is 1. The molecule has 0 radical (unpaired) electrons. The zero-order chi connectivity index (χ0) is 23.3. The third-order valence-corrected chi connectivity index (χ3v) is 5.35. The van der Waals surface area contributed by atoms with Gasteiger partial charge < -0.3 is 14.4 Å². The molecule has 0 unspecified atom stereocenters. The van der Waals surface area contributed by atoms with Crippen LogP contribution in [0.15, 0.2) is 23.3 Å². The molecule has 32 heavy (non-hydrogen) atoms. The van der Waals surface area contributed by atoms with Gasteiger partial charge in [-0.3, -0.25) is 9.36 Å². The molecule has 0 spiro atoms. The fourth-order valence-corrected chi connectivity index (χ4v) is 3.76. The highest BCUT2D eigenvalue weighted by Gasteiger charge is 2.24. The Bertz CT molecular complexity index is 1220. The van der Waals surface area contributed by atoms with Crippen molar-refractivity contribution in [1.29, 1.82) is 0 Å². The van der Waals surface area contributed by atoms with Crippen molar-refractivity contribution >= 4 is 28.3 Å². The number of imidazole rings is 1. The van der Waals surface area contributed by atoms with Crippen LogP contribution in [0.2, 0.25) is 0 Å². The number of anilines is 1. The Kier molecular flexibility index (Phi) is 5.48. The third-order valence-electron chi connectivity index (χ3n) is 5.35. The lowest BCUT2D eigenvalue weighted by molar-refractivity contribution is -0.155. The molecular weight excluding hydrogens is 410 g/mol. The van der Waals surface area contributed by atoms with E-state index in [2.05, 4.69) is 9.88 Å². The lowest BCUT2D eigenvalue weighted by Crippen LogP contribution is -2.36. The fourth-order valence-electron chi connectivity index (χ4n) is 3.76. The lowest BCUT2D eigenvalue weighted by Gasteiger charge is -2.28. The Balaban J connectivity index is 1.92. The van der Waals surface area contributed by atoms with E-state index in [4.69, 9.17) is 14.5 Å². The number of carbonyl (C=O) groups excluding carboxylic acids is 1. The SMILES string of the molecule is CC(C)(C)OC(=O)Cn1c(=O)n2cc(C(C)(C)C)nc2c2ncc(N3CCOCC3)cc21. The number of morpholine rings is 1. The zero-order valence-corrected chi connectivity index (χ0v) is 19.6. The van der Waals surface area contributed by atoms with E-state index in [9.17, 15) is 9.59 Å². The van der Waals surface area contributed by atoms with Crippen LogP contribution in [0.1, 0.15) is 47.2 Å². The highest BCUT2D eigenvalue weighted by molar-refractivity contribution is 5.90. The van der Waals surface area contributed by atoms with E-state index < -0.39 is 11.6 Å². The van der Waals surface area contributed by atoms with Crippen LogP contribution in [0.4, 0.5) is 5.69 Å². The molecule has 3 aromatic rings. The maximum Gasteiger partial charge on any atom is 0.335 e. The molecule has 3 aromatic heterocycles. The average Bonchev–Trinajstić information content (AvgIpc) is 3.16. The second-order valence-electron chi connectivity index (χ2n) is 10.2. The molecule has 9 nitrogen and oxygen atoms in total. The first-order valence-corrected chi connectivity index (χ1v) is 10.9. The van der Waals surface area contributed by atoms with Crippen LogP contribution in [0.5, 0.6) is 0 Å². The number of rotatable bonds is 3. The van der Waals surface area contributed by atoms with Gasteiger partial charge in [0.25, 0.3) is 0 Å². The summed E-state index contributed by atoms with van der Waals surface area (Å²) in [5.41, 5.74) is 2.05. The predicted molar refractivity (Wildman–Crippen MR) is 122 cm³/mol. The summed E-state index contributed by atoms with van der Waals surface area (Å²) in [5.74, 6) is -0.479. The van der Waals surface area contributed by atoms with Gasteiger partial charge in [-0.2, -0.15) is 0 Å². The van der Waals surface area contributed by atoms with Gasteiger partial charge in [0.2, 0.25) is 0 Å². The van der Waals surface area contributed by atoms with Gasteiger partial charge in [-0.25, -0.2) is 19.2 Å². The van der Waals surface area contributed by atoms with Gasteiger partial charge in [0.05, 0.1) is 36.3 Å². The van der Waals surface area contributed by atoms with Crippen LogP contribution >= 0.6 is 0 Å². The molecule has 1 fully saturated rings. The molecular formula is C23H31N5O4. The molecule has 0 saturated carbocycles. The highest BCUT2D eigenvalue weighted by atomic mass is 16.6. The number of carbonyl (C=O) groups is 1. The summed E-state index contributed by atoms with van der Waals surface area (Å²) in [4.78, 5) is 37.7. The van der Waals surface area contributed by atoms with Crippen molar-refractivity contribution in [3.05, 3.63) is 34.6 Å². The van der Waals surface area contributed by atoms with Crippen LogP contribution in [-0.2, 0) is 26.2 Å². The second-order valence-corrected chi connectivity index (χ2v) is 10.2. The van der Waals surface area contributed by atoms with Crippen molar-refractivity contribution < 1.29 is 14.3 Å². The summed E-state index contributed by atoms with van der Waals surface area (Å²) >= 11 is 0. The smallest absolute Gasteiger partial charge is 0.335 e. The van der Waals surface area contributed by atoms with Gasteiger partial charge in [-0.1, -0.05) is 20.8 Å². The minimum Gasteiger partial charge on any atom is -0.459 e. The number of nitrogens with zero attached hydrogens (tertiary/aromatic N) is 5. The number of fused-ring (bicyclic) bond motifs is 3. The van der Waals surface area contributed by atoms with Crippen molar-refractivity contribution in [2.75, 3.05) is 31.2 Å². The van der Waals surface area contributed by atoms with E-state index in [1.165, 1.54) is 8.97 Å². The molecule has 1 aliphatic rings. The van der Waals surface area contributed by atoms with E-state index in [0.717, 1.165) is 24.5 Å². The Morgan fingerprint density at radius 3 is 2.47 bits per heavy atom. The Labute approximate surface area is 187 Å². The Hall–Kier alpha value is -2.94. The van der Waals surface area contributed by atoms with Crippen LogP contribution in [0, 0.1) is 0 Å². The number of esters is 1. The largest absolute Gasteiger partial charge is 0.459 e. The number of hydrogen-bond acceptors (Lipinski definition) is 7. The van der Waals surface area contributed by atoms with Crippen molar-refractivity contribution in [2.45, 2.75) is 59.1 Å². The van der Waals surface area contributed by atoms with E-state index in [0.29, 0.717) is 29.9 Å². The maximum absolute atomic E-state index is 13.5. The van der Waals surface area contributed by atoms with Crippen molar-refractivity contribution in [1.82, 2.24) is 18.9 Å². The van der Waals surface area contributed by atoms with Gasteiger partial charge in [0.1, 0.15) is 17.7 Å². The standard InChI is InChI=1S/C23H31N5O4/c1-22(2,3)17-13-28-20(25-17)19-16(11-15(12-24-19)26-7-9-31-10-8-26)27(21(28)30)14-18(29)32-23(4,5)6/h11-13H,7-10,14H2,1-6H3. The van der Waals surface area contributed by atoms with Crippen molar-refractivity contribution in [3.8, 4) is 0 Å². The lowest BCUT2D eigenvalue weighted by atomic mass is 9.93. The fraction of sp³-hybridized carbons (Fsp3) is 0.565. The molecule has 9 heteroatoms. The minimum absolute atomic E-state index is 0.209. The average molecular weight is 442 g/mol. The summed E-state index contributed by atoms with van der Waals surface area (Å²) in [5, 5.41) is 0. The Morgan fingerprint density at radius 1 is 1.16 bits per heavy atom. The number of hydrogen-bond donors (Lipinski definition) is 0. The molecule has 0 aromatic carbocycles. The van der Waals surface area contributed by atoms with Crippen molar-refractivity contribution in [2.24, 2.45) is 0 Å². The molecule has 4 rings (SSSR count). The molecule has 172 valence electrons. The molecule has 0 atom stereocenters. The maximum atomic E-state index is 13.5. The van der Waals surface area contributed by atoms with Crippen molar-refractivity contribution in [3.63, 3.8) is 0 Å². The first-order valence-electron chi connectivity index (χ1n) is 10.9. The van der Waals surface area contributed by atoms with Crippen LogP contribution in [0.3, 0.4) is 0 Å². The van der Waals surface area contributed by atoms with Crippen LogP contribution < -0.4 is 10.6 Å². The summed E-state index contributed by atoms with van der Waals surface area (Å²) in [7, 11) is 0. The predicted octanol–water partition coefficient (Wildman–Crippen LogP) is 2.52. The minimum atomic E-state index is -0.647. The number of ether oxygens (including phenoxy) is 2. The summed E-state index contributed by atoms with van der Waals surface area (Å²) < 4.78 is 13.9. The Morgan fingerprint density at radius 2 is 1.84 bits per heavy atom. The monoisotopic (exact) mass is 441 g/mol. The number of aromatic nitrogens is 4. The van der Waals surface area contributed by atoms with Gasteiger partial charge in [-0.05, 0) is 26.8 Å². The summed E-state index contributed by atoms with van der Waals surface area (Å²) in [6, 6.07) is 1.91. The highest BCUT2D eigenvalue weighted by Crippen LogP contribution is 2.26. The van der Waals surface area contributed by atoms with Crippen LogP contribution in [-0.4, -0.2) is 56.8 Å². The molecule has 1 saturated heterocycles. The first kappa shape index (κ1) is 22.3. The zero-order valence-electron chi connectivity index (χ0n) is 19.6. The molecule has 0 N–H and O–H groups in total. The third kappa shape index (κ3) is 4.34. The van der Waals surface area contributed by atoms with Gasteiger partial charge in [0, 0.05) is 24.7 Å².